The second kappa shape index (κ2) is 5.30. The van der Waals surface area contributed by atoms with Crippen molar-refractivity contribution in [2.45, 2.75) is 19.3 Å². The van der Waals surface area contributed by atoms with Crippen molar-refractivity contribution in [3.8, 4) is 0 Å². The van der Waals surface area contributed by atoms with Crippen LogP contribution in [0.15, 0.2) is 36.4 Å². The highest BCUT2D eigenvalue weighted by molar-refractivity contribution is 6.30. The molecule has 0 N–H and O–H groups in total. The second-order valence-corrected chi connectivity index (χ2v) is 6.07. The van der Waals surface area contributed by atoms with E-state index >= 15 is 0 Å². The van der Waals surface area contributed by atoms with Crippen LogP contribution in [0.3, 0.4) is 0 Å². The number of benzene rings is 2. The number of nitrogens with zero attached hydrogens (tertiary/aromatic N) is 1. The van der Waals surface area contributed by atoms with Gasteiger partial charge in [0.15, 0.2) is 11.6 Å². The van der Waals surface area contributed by atoms with E-state index in [4.69, 9.17) is 0 Å². The summed E-state index contributed by atoms with van der Waals surface area (Å²) in [6.45, 7) is 1.73. The van der Waals surface area contributed by atoms with E-state index in [0.717, 1.165) is 31.6 Å². The van der Waals surface area contributed by atoms with Gasteiger partial charge in [0.25, 0.3) is 0 Å². The van der Waals surface area contributed by atoms with Gasteiger partial charge in [-0.2, -0.15) is 0 Å². The summed E-state index contributed by atoms with van der Waals surface area (Å²) in [6.07, 6.45) is 3.31. The van der Waals surface area contributed by atoms with Crippen molar-refractivity contribution in [1.82, 2.24) is 0 Å². The summed E-state index contributed by atoms with van der Waals surface area (Å²) in [5.74, 6) is -1.28. The third-order valence-electron chi connectivity index (χ3n) is 4.70. The monoisotopic (exact) mass is 309 g/mol. The smallest absolute Gasteiger partial charge is 0.199 e. The highest BCUT2D eigenvalue weighted by Crippen LogP contribution is 2.35. The van der Waals surface area contributed by atoms with Crippen molar-refractivity contribution in [3.63, 3.8) is 0 Å². The number of anilines is 1. The van der Waals surface area contributed by atoms with Gasteiger partial charge in [0.1, 0.15) is 5.82 Å². The van der Waals surface area contributed by atoms with E-state index in [1.165, 1.54) is 24.6 Å². The van der Waals surface area contributed by atoms with Crippen molar-refractivity contribution in [1.29, 1.82) is 0 Å². The van der Waals surface area contributed by atoms with Crippen LogP contribution in [0.4, 0.5) is 10.1 Å². The molecule has 116 valence electrons. The lowest BCUT2D eigenvalue weighted by atomic mass is 9.82. The molecule has 2 aromatic carbocycles. The van der Waals surface area contributed by atoms with Gasteiger partial charge in [-0.3, -0.25) is 9.59 Å². The minimum Gasteiger partial charge on any atom is -0.371 e. The first kappa shape index (κ1) is 14.1. The maximum absolute atomic E-state index is 14.2. The lowest BCUT2D eigenvalue weighted by Crippen LogP contribution is -2.33. The third-order valence-corrected chi connectivity index (χ3v) is 4.70. The fourth-order valence-corrected chi connectivity index (χ4v) is 3.58. The standard InChI is InChI=1S/C19H16FNO2/c20-14-8-4-6-12-16(14)19(23)17-13(18(12)22)7-5-9-15(17)21-10-2-1-3-11-21/h4-9H,1-3,10-11H2. The highest BCUT2D eigenvalue weighted by Gasteiger charge is 2.34. The Kier molecular flexibility index (Phi) is 3.26. The maximum Gasteiger partial charge on any atom is 0.199 e. The van der Waals surface area contributed by atoms with E-state index in [1.807, 2.05) is 6.07 Å². The molecule has 0 bridgehead atoms. The number of fused-ring (bicyclic) bond motifs is 2. The number of carbonyl (C=O) groups excluding carboxylic acids is 2. The second-order valence-electron chi connectivity index (χ2n) is 6.07. The molecule has 4 heteroatoms. The van der Waals surface area contributed by atoms with Gasteiger partial charge in [0, 0.05) is 29.9 Å². The van der Waals surface area contributed by atoms with Gasteiger partial charge in [-0.25, -0.2) is 4.39 Å². The van der Waals surface area contributed by atoms with Gasteiger partial charge in [-0.15, -0.1) is 0 Å². The maximum atomic E-state index is 14.2. The Bertz CT molecular complexity index is 822. The van der Waals surface area contributed by atoms with Crippen LogP contribution in [0.5, 0.6) is 0 Å². The first-order chi connectivity index (χ1) is 11.2. The summed E-state index contributed by atoms with van der Waals surface area (Å²) in [4.78, 5) is 27.8. The topological polar surface area (TPSA) is 37.4 Å². The predicted octanol–water partition coefficient (Wildman–Crippen LogP) is 3.59. The van der Waals surface area contributed by atoms with Crippen LogP contribution in [0.1, 0.15) is 51.1 Å². The average molecular weight is 309 g/mol. The molecule has 0 radical (unpaired) electrons. The number of carbonyl (C=O) groups is 2. The molecule has 1 heterocycles. The zero-order valence-corrected chi connectivity index (χ0v) is 12.6. The lowest BCUT2D eigenvalue weighted by molar-refractivity contribution is 0.0976. The van der Waals surface area contributed by atoms with Crippen LogP contribution in [0.25, 0.3) is 0 Å². The summed E-state index contributed by atoms with van der Waals surface area (Å²) < 4.78 is 14.2. The Morgan fingerprint density at radius 2 is 1.43 bits per heavy atom. The zero-order valence-electron chi connectivity index (χ0n) is 12.6. The van der Waals surface area contributed by atoms with Gasteiger partial charge in [0.2, 0.25) is 0 Å². The van der Waals surface area contributed by atoms with Gasteiger partial charge in [-0.1, -0.05) is 24.3 Å². The summed E-state index contributed by atoms with van der Waals surface area (Å²) in [7, 11) is 0. The van der Waals surface area contributed by atoms with Crippen LogP contribution < -0.4 is 4.90 Å². The van der Waals surface area contributed by atoms with E-state index in [1.54, 1.807) is 12.1 Å². The molecular formula is C19H16FNO2. The Morgan fingerprint density at radius 1 is 0.783 bits per heavy atom. The van der Waals surface area contributed by atoms with Gasteiger partial charge in [0.05, 0.1) is 11.1 Å². The number of hydrogen-bond donors (Lipinski definition) is 0. The summed E-state index contributed by atoms with van der Waals surface area (Å²) in [6, 6.07) is 9.56. The molecule has 0 unspecified atom stereocenters. The number of ketones is 2. The van der Waals surface area contributed by atoms with Crippen LogP contribution in [0, 0.1) is 5.82 Å². The molecule has 4 rings (SSSR count). The molecular weight excluding hydrogens is 293 g/mol. The Balaban J connectivity index is 1.92. The van der Waals surface area contributed by atoms with Crippen LogP contribution >= 0.6 is 0 Å². The Morgan fingerprint density at radius 3 is 2.17 bits per heavy atom. The highest BCUT2D eigenvalue weighted by atomic mass is 19.1. The Labute approximate surface area is 133 Å². The molecule has 0 atom stereocenters. The molecule has 0 aromatic heterocycles. The van der Waals surface area contributed by atoms with Crippen molar-refractivity contribution in [3.05, 3.63) is 64.5 Å². The summed E-state index contributed by atoms with van der Waals surface area (Å²) in [5.41, 5.74) is 1.58. The van der Waals surface area contributed by atoms with E-state index < -0.39 is 5.82 Å². The van der Waals surface area contributed by atoms with Crippen molar-refractivity contribution in [2.75, 3.05) is 18.0 Å². The third kappa shape index (κ3) is 2.09. The number of hydrogen-bond acceptors (Lipinski definition) is 3. The molecule has 1 aliphatic carbocycles. The first-order valence-electron chi connectivity index (χ1n) is 7.94. The Hall–Kier alpha value is -2.49. The fraction of sp³-hybridized carbons (Fsp3) is 0.263. The van der Waals surface area contributed by atoms with E-state index in [-0.39, 0.29) is 22.7 Å². The van der Waals surface area contributed by atoms with Gasteiger partial charge in [-0.05, 0) is 31.4 Å². The molecule has 0 amide bonds. The van der Waals surface area contributed by atoms with Crippen molar-refractivity contribution in [2.24, 2.45) is 0 Å². The summed E-state index contributed by atoms with van der Waals surface area (Å²) >= 11 is 0. The normalized spacial score (nSPS) is 17.0. The molecule has 3 nitrogen and oxygen atoms in total. The zero-order chi connectivity index (χ0) is 16.0. The van der Waals surface area contributed by atoms with Gasteiger partial charge < -0.3 is 4.90 Å². The van der Waals surface area contributed by atoms with Crippen LogP contribution in [0.2, 0.25) is 0 Å². The first-order valence-corrected chi connectivity index (χ1v) is 7.94. The predicted molar refractivity (Wildman–Crippen MR) is 85.8 cm³/mol. The number of piperidine rings is 1. The van der Waals surface area contributed by atoms with Gasteiger partial charge >= 0.3 is 0 Å². The molecule has 1 fully saturated rings. The van der Waals surface area contributed by atoms with Crippen LogP contribution in [-0.2, 0) is 0 Å². The number of halogens is 1. The molecule has 2 aromatic rings. The number of rotatable bonds is 1. The van der Waals surface area contributed by atoms with E-state index in [2.05, 4.69) is 4.90 Å². The fourth-order valence-electron chi connectivity index (χ4n) is 3.58. The van der Waals surface area contributed by atoms with E-state index in [0.29, 0.717) is 11.1 Å². The average Bonchev–Trinajstić information content (AvgIpc) is 2.59. The van der Waals surface area contributed by atoms with Crippen molar-refractivity contribution < 1.29 is 14.0 Å². The minimum absolute atomic E-state index is 0.0885. The summed E-state index contributed by atoms with van der Waals surface area (Å²) in [5, 5.41) is 0. The quantitative estimate of drug-likeness (QED) is 0.689. The van der Waals surface area contributed by atoms with Crippen LogP contribution in [-0.4, -0.2) is 24.7 Å². The van der Waals surface area contributed by atoms with Crippen molar-refractivity contribution >= 4 is 17.3 Å². The molecule has 2 aliphatic rings. The molecule has 23 heavy (non-hydrogen) atoms. The lowest BCUT2D eigenvalue weighted by Gasteiger charge is -2.32. The molecule has 0 spiro atoms. The molecule has 1 aliphatic heterocycles. The molecule has 0 saturated carbocycles. The molecule has 1 saturated heterocycles. The largest absolute Gasteiger partial charge is 0.371 e. The SMILES string of the molecule is O=C1c2cccc(F)c2C(=O)c2c1cccc2N1CCCCC1. The minimum atomic E-state index is -0.625. The van der Waals surface area contributed by atoms with E-state index in [9.17, 15) is 14.0 Å².